The van der Waals surface area contributed by atoms with Crippen LogP contribution in [0.4, 0.5) is 17.6 Å². The van der Waals surface area contributed by atoms with Gasteiger partial charge in [0.15, 0.2) is 0 Å². The third-order valence-electron chi connectivity index (χ3n) is 3.36. The number of halogens is 6. The second-order valence-corrected chi connectivity index (χ2v) is 5.90. The third kappa shape index (κ3) is 5.69. The molecule has 0 bridgehead atoms. The predicted octanol–water partition coefficient (Wildman–Crippen LogP) is 2.10. The maximum absolute atomic E-state index is 13.0. The number of rotatable bonds is 5. The van der Waals surface area contributed by atoms with Crippen LogP contribution >= 0.6 is 36.2 Å². The number of alkyl halides is 4. The molecule has 1 fully saturated rings. The summed E-state index contributed by atoms with van der Waals surface area (Å²) < 4.78 is 50.3. The molecule has 0 atom stereocenters. The van der Waals surface area contributed by atoms with Crippen molar-refractivity contribution in [2.24, 2.45) is 5.73 Å². The Morgan fingerprint density at radius 1 is 1.29 bits per heavy atom. The Balaban J connectivity index is 0.00000264. The summed E-state index contributed by atoms with van der Waals surface area (Å²) in [7, 11) is 0. The van der Waals surface area contributed by atoms with Crippen molar-refractivity contribution >= 4 is 42.1 Å². The van der Waals surface area contributed by atoms with Gasteiger partial charge in [-0.3, -0.25) is 9.69 Å². The molecule has 1 aliphatic rings. The maximum Gasteiger partial charge on any atom is 0.319 e. The number of hydrogen-bond acceptors (Lipinski definition) is 5. The fraction of sp³-hybridized carbons (Fsp3) is 0.667. The minimum Gasteiger partial charge on any atom is -0.335 e. The topological polar surface area (TPSA) is 62.5 Å². The average molecular weight is 413 g/mol. The predicted molar refractivity (Wildman–Crippen MR) is 87.8 cm³/mol. The van der Waals surface area contributed by atoms with Gasteiger partial charge in [-0.2, -0.15) is 8.78 Å². The van der Waals surface area contributed by atoms with Crippen LogP contribution in [-0.2, 0) is 6.54 Å². The Labute approximate surface area is 153 Å². The highest BCUT2D eigenvalue weighted by Gasteiger charge is 2.42. The molecule has 140 valence electrons. The monoisotopic (exact) mass is 412 g/mol. The first-order valence-electron chi connectivity index (χ1n) is 6.65. The first kappa shape index (κ1) is 23.3. The van der Waals surface area contributed by atoms with Gasteiger partial charge in [0.2, 0.25) is 0 Å². The van der Waals surface area contributed by atoms with Crippen LogP contribution in [0.1, 0.15) is 15.5 Å². The number of nitrogens with two attached hydrogens (primary N) is 1. The third-order valence-corrected chi connectivity index (χ3v) is 4.23. The van der Waals surface area contributed by atoms with E-state index in [4.69, 9.17) is 5.73 Å². The number of hydrogen-bond donors (Lipinski definition) is 1. The molecule has 0 unspecified atom stereocenters. The zero-order valence-corrected chi connectivity index (χ0v) is 14.9. The summed E-state index contributed by atoms with van der Waals surface area (Å²) in [6.07, 6.45) is -3.68. The zero-order valence-electron chi connectivity index (χ0n) is 12.5. The summed E-state index contributed by atoms with van der Waals surface area (Å²) in [5.41, 5.74) is 5.70. The molecule has 2 rings (SSSR count). The molecule has 1 saturated heterocycles. The molecular formula is C12H18Cl2F4N4OS. The molecule has 0 aromatic carbocycles. The van der Waals surface area contributed by atoms with Gasteiger partial charge in [0.25, 0.3) is 5.91 Å². The molecule has 1 aromatic rings. The van der Waals surface area contributed by atoms with Crippen molar-refractivity contribution < 1.29 is 22.4 Å². The molecule has 1 amide bonds. The molecule has 2 N–H and O–H groups in total. The molecule has 0 spiro atoms. The molecule has 0 radical (unpaired) electrons. The number of nitrogens with zero attached hydrogens (tertiary/aromatic N) is 3. The van der Waals surface area contributed by atoms with Gasteiger partial charge in [-0.15, -0.1) is 36.2 Å². The van der Waals surface area contributed by atoms with Crippen molar-refractivity contribution in [1.82, 2.24) is 14.8 Å². The Morgan fingerprint density at radius 2 is 1.88 bits per heavy atom. The quantitative estimate of drug-likeness (QED) is 0.752. The minimum absolute atomic E-state index is 0. The highest BCUT2D eigenvalue weighted by atomic mass is 35.5. The van der Waals surface area contributed by atoms with Crippen LogP contribution in [0.15, 0.2) is 5.38 Å². The summed E-state index contributed by atoms with van der Waals surface area (Å²) >= 11 is 1.28. The Bertz CT molecular complexity index is 527. The molecule has 0 aliphatic carbocycles. The van der Waals surface area contributed by atoms with E-state index in [1.165, 1.54) is 21.1 Å². The van der Waals surface area contributed by atoms with Crippen molar-refractivity contribution in [3.05, 3.63) is 16.1 Å². The van der Waals surface area contributed by atoms with E-state index in [-0.39, 0.29) is 69.1 Å². The van der Waals surface area contributed by atoms with E-state index in [0.717, 1.165) is 0 Å². The number of amides is 1. The van der Waals surface area contributed by atoms with Gasteiger partial charge in [-0.25, -0.2) is 13.8 Å². The van der Waals surface area contributed by atoms with E-state index in [9.17, 15) is 22.4 Å². The van der Waals surface area contributed by atoms with Crippen molar-refractivity contribution in [3.8, 4) is 0 Å². The fourth-order valence-corrected chi connectivity index (χ4v) is 2.79. The van der Waals surface area contributed by atoms with Crippen LogP contribution in [0.5, 0.6) is 0 Å². The van der Waals surface area contributed by atoms with E-state index in [1.54, 1.807) is 5.38 Å². The summed E-state index contributed by atoms with van der Waals surface area (Å²) in [5, 5.41) is 2.24. The van der Waals surface area contributed by atoms with E-state index < -0.39 is 18.9 Å². The Morgan fingerprint density at radius 3 is 2.33 bits per heavy atom. The number of piperazine rings is 1. The van der Waals surface area contributed by atoms with Gasteiger partial charge in [0.05, 0.1) is 6.54 Å². The Hall–Kier alpha value is -0.680. The molecule has 0 saturated carbocycles. The molecule has 5 nitrogen and oxygen atoms in total. The van der Waals surface area contributed by atoms with Crippen LogP contribution in [0, 0.1) is 0 Å². The number of carbonyl (C=O) groups is 1. The minimum atomic E-state index is -4.03. The lowest BCUT2D eigenvalue weighted by Gasteiger charge is -2.35. The van der Waals surface area contributed by atoms with E-state index in [2.05, 4.69) is 4.98 Å². The first-order valence-corrected chi connectivity index (χ1v) is 7.53. The fourth-order valence-electron chi connectivity index (χ4n) is 2.14. The normalized spacial score (nSPS) is 15.8. The van der Waals surface area contributed by atoms with Crippen molar-refractivity contribution in [2.75, 3.05) is 32.7 Å². The van der Waals surface area contributed by atoms with Gasteiger partial charge >= 0.3 is 12.3 Å². The molecule has 12 heteroatoms. The van der Waals surface area contributed by atoms with Gasteiger partial charge in [-0.1, -0.05) is 0 Å². The summed E-state index contributed by atoms with van der Waals surface area (Å²) in [6, 6.07) is 0. The van der Waals surface area contributed by atoms with Crippen molar-refractivity contribution in [1.29, 1.82) is 0 Å². The molecular weight excluding hydrogens is 395 g/mol. The number of aromatic nitrogens is 1. The highest BCUT2D eigenvalue weighted by Crippen LogP contribution is 2.24. The van der Waals surface area contributed by atoms with E-state index in [1.807, 2.05) is 0 Å². The standard InChI is InChI=1S/C12H16F4N4OS.2ClH/c13-11(14)12(15,16)7-19-1-3-20(4-2-19)10(21)8-6-22-9(5-17)18-8;;/h6,11H,1-5,7,17H2;2*1H. The summed E-state index contributed by atoms with van der Waals surface area (Å²) in [6.45, 7) is -0.0969. The maximum atomic E-state index is 13.0. The smallest absolute Gasteiger partial charge is 0.319 e. The second kappa shape index (κ2) is 9.71. The van der Waals surface area contributed by atoms with E-state index >= 15 is 0 Å². The van der Waals surface area contributed by atoms with Crippen molar-refractivity contribution in [2.45, 2.75) is 18.9 Å². The highest BCUT2D eigenvalue weighted by molar-refractivity contribution is 7.09. The van der Waals surface area contributed by atoms with Crippen LogP contribution in [-0.4, -0.2) is 65.8 Å². The lowest BCUT2D eigenvalue weighted by Crippen LogP contribution is -2.52. The van der Waals surface area contributed by atoms with Crippen LogP contribution < -0.4 is 5.73 Å². The lowest BCUT2D eigenvalue weighted by molar-refractivity contribution is -0.144. The number of thiazole rings is 1. The second-order valence-electron chi connectivity index (χ2n) is 4.96. The van der Waals surface area contributed by atoms with Gasteiger partial charge in [0.1, 0.15) is 10.7 Å². The summed E-state index contributed by atoms with van der Waals surface area (Å²) in [5.74, 6) is -4.33. The van der Waals surface area contributed by atoms with Gasteiger partial charge < -0.3 is 10.6 Å². The SMILES string of the molecule is Cl.Cl.NCc1nc(C(=O)N2CCN(CC(F)(F)C(F)F)CC2)cs1. The zero-order chi connectivity index (χ0) is 16.3. The van der Waals surface area contributed by atoms with Crippen molar-refractivity contribution in [3.63, 3.8) is 0 Å². The molecule has 1 aromatic heterocycles. The van der Waals surface area contributed by atoms with Crippen LogP contribution in [0.2, 0.25) is 0 Å². The first-order chi connectivity index (χ1) is 10.3. The number of carbonyl (C=O) groups excluding carboxylic acids is 1. The average Bonchev–Trinajstić information content (AvgIpc) is 2.95. The lowest BCUT2D eigenvalue weighted by atomic mass is 10.2. The molecule has 1 aliphatic heterocycles. The molecule has 2 heterocycles. The van der Waals surface area contributed by atoms with Gasteiger partial charge in [-0.05, 0) is 0 Å². The van der Waals surface area contributed by atoms with Gasteiger partial charge in [0, 0.05) is 38.1 Å². The Kier molecular flexibility index (Phi) is 9.44. The van der Waals surface area contributed by atoms with Crippen LogP contribution in [0.3, 0.4) is 0 Å². The largest absolute Gasteiger partial charge is 0.335 e. The van der Waals surface area contributed by atoms with Crippen LogP contribution in [0.25, 0.3) is 0 Å². The summed E-state index contributed by atoms with van der Waals surface area (Å²) in [4.78, 5) is 19.0. The van der Waals surface area contributed by atoms with E-state index in [0.29, 0.717) is 5.01 Å². The molecule has 24 heavy (non-hydrogen) atoms.